The molecular weight excluding hydrogens is 738 g/mol. The summed E-state index contributed by atoms with van der Waals surface area (Å²) in [4.78, 5) is 59.9. The second-order valence-corrected chi connectivity index (χ2v) is 15.4. The predicted octanol–water partition coefficient (Wildman–Crippen LogP) is 6.02. The van der Waals surface area contributed by atoms with Crippen molar-refractivity contribution in [3.05, 3.63) is 104 Å². The third-order valence-electron chi connectivity index (χ3n) is 10.8. The van der Waals surface area contributed by atoms with E-state index >= 15 is 4.79 Å². The molecule has 1 spiro atoms. The Kier molecular flexibility index (Phi) is 12.2. The molecule has 2 N–H and O–H groups in total. The molecule has 3 aliphatic rings. The van der Waals surface area contributed by atoms with E-state index in [0.717, 1.165) is 10.8 Å². The molecule has 3 aromatic carbocycles. The van der Waals surface area contributed by atoms with Crippen molar-refractivity contribution in [1.29, 1.82) is 0 Å². The van der Waals surface area contributed by atoms with Crippen LogP contribution >= 0.6 is 15.9 Å². The van der Waals surface area contributed by atoms with Gasteiger partial charge in [0, 0.05) is 36.6 Å². The van der Waals surface area contributed by atoms with Crippen molar-refractivity contribution in [3.63, 3.8) is 0 Å². The highest BCUT2D eigenvalue weighted by Crippen LogP contribution is 2.60. The lowest BCUT2D eigenvalue weighted by Crippen LogP contribution is -2.57. The monoisotopic (exact) mass is 785 g/mol. The quantitative estimate of drug-likeness (QED) is 0.0742. The van der Waals surface area contributed by atoms with Crippen LogP contribution in [-0.4, -0.2) is 82.0 Å². The van der Waals surface area contributed by atoms with Crippen molar-refractivity contribution in [2.45, 2.75) is 80.2 Å². The first-order valence-electron chi connectivity index (χ1n) is 18.4. The number of fused-ring (bicyclic) bond motifs is 2. The Labute approximate surface area is 319 Å². The number of hydrogen-bond acceptors (Lipinski definition) is 7. The lowest BCUT2D eigenvalue weighted by molar-refractivity contribution is -0.162. The van der Waals surface area contributed by atoms with Gasteiger partial charge in [0.25, 0.3) is 5.91 Å². The molecule has 53 heavy (non-hydrogen) atoms. The summed E-state index contributed by atoms with van der Waals surface area (Å²) in [6.45, 7) is 9.89. The number of anilines is 1. The summed E-state index contributed by atoms with van der Waals surface area (Å²) >= 11 is 3.77. The number of aliphatic hydroxyl groups excluding tert-OH is 1. The maximum Gasteiger partial charge on any atom is 0.313 e. The molecule has 280 valence electrons. The molecule has 3 amide bonds. The summed E-state index contributed by atoms with van der Waals surface area (Å²) in [7, 11) is 0. The van der Waals surface area contributed by atoms with Gasteiger partial charge < -0.3 is 29.7 Å². The van der Waals surface area contributed by atoms with Gasteiger partial charge in [0.2, 0.25) is 11.8 Å². The van der Waals surface area contributed by atoms with Crippen LogP contribution < -0.4 is 10.2 Å². The molecule has 6 rings (SSSR count). The number of carbonyl (C=O) groups is 4. The fourth-order valence-corrected chi connectivity index (χ4v) is 9.32. The summed E-state index contributed by atoms with van der Waals surface area (Å²) in [5, 5.41) is 14.4. The average Bonchev–Trinajstić information content (AvgIpc) is 3.76. The van der Waals surface area contributed by atoms with Crippen LogP contribution in [0.4, 0.5) is 5.69 Å². The number of allylic oxidation sites excluding steroid dienone is 1. The van der Waals surface area contributed by atoms with E-state index in [1.807, 2.05) is 72.8 Å². The first-order chi connectivity index (χ1) is 25.6. The standard InChI is InChI=1S/C42H48BrN3O7/c1-4-6-19-33(48)44-27(3)36(29-16-9-7-10-17-29)52-41(51)34-35-39(49)46(23-13-8-14-24-47)38(42(35)26-32(43)37(34)53-42)40(50)45(22-5-2)31-21-20-28-15-11-12-18-30(28)25-31/h4-5,7,9-12,15-18,20-21,25,27,32,34-38,47H,1-2,6,8,13-14,19,22-24,26H2,3H3,(H,44,48)/t27-,32?,34+,35-,36-,37+,38+,42-/m0/s1. The third-order valence-corrected chi connectivity index (χ3v) is 11.6. The molecule has 0 saturated carbocycles. The zero-order chi connectivity index (χ0) is 37.7. The summed E-state index contributed by atoms with van der Waals surface area (Å²) in [6.07, 6.45) is 4.65. The number of aliphatic hydroxyl groups is 1. The number of hydrogen-bond donors (Lipinski definition) is 2. The lowest BCUT2D eigenvalue weighted by Gasteiger charge is -2.37. The molecular formula is C42H48BrN3O7. The van der Waals surface area contributed by atoms with Crippen molar-refractivity contribution in [3.8, 4) is 0 Å². The number of nitrogens with one attached hydrogen (secondary N) is 1. The van der Waals surface area contributed by atoms with Crippen LogP contribution in [0.5, 0.6) is 0 Å². The first kappa shape index (κ1) is 38.4. The van der Waals surface area contributed by atoms with Crippen LogP contribution in [0.15, 0.2) is 98.1 Å². The zero-order valence-corrected chi connectivity index (χ0v) is 31.7. The predicted molar refractivity (Wildman–Crippen MR) is 207 cm³/mol. The van der Waals surface area contributed by atoms with Crippen molar-refractivity contribution in [2.24, 2.45) is 11.8 Å². The first-order valence-corrected chi connectivity index (χ1v) is 19.4. The Morgan fingerprint density at radius 3 is 2.51 bits per heavy atom. The smallest absolute Gasteiger partial charge is 0.313 e. The van der Waals surface area contributed by atoms with Crippen molar-refractivity contribution in [1.82, 2.24) is 10.2 Å². The summed E-state index contributed by atoms with van der Waals surface area (Å²) in [6, 6.07) is 21.3. The fraction of sp³-hybridized carbons (Fsp3) is 0.429. The van der Waals surface area contributed by atoms with Gasteiger partial charge in [0.1, 0.15) is 17.7 Å². The molecule has 3 heterocycles. The Hall–Kier alpha value is -4.32. The van der Waals surface area contributed by atoms with E-state index in [0.29, 0.717) is 43.4 Å². The van der Waals surface area contributed by atoms with E-state index < -0.39 is 47.7 Å². The van der Waals surface area contributed by atoms with Crippen LogP contribution in [0.2, 0.25) is 0 Å². The molecule has 3 aromatic rings. The minimum atomic E-state index is -1.29. The van der Waals surface area contributed by atoms with E-state index in [1.165, 1.54) is 0 Å². The molecule has 10 nitrogen and oxygen atoms in total. The van der Waals surface area contributed by atoms with E-state index in [4.69, 9.17) is 9.47 Å². The second-order valence-electron chi connectivity index (χ2n) is 14.2. The lowest BCUT2D eigenvalue weighted by atomic mass is 9.70. The number of nitrogens with zero attached hydrogens (tertiary/aromatic N) is 2. The molecule has 3 aliphatic heterocycles. The Bertz CT molecular complexity index is 1840. The van der Waals surface area contributed by atoms with E-state index in [2.05, 4.69) is 34.4 Å². The number of likely N-dealkylation sites (tertiary alicyclic amines) is 1. The normalized spacial score (nSPS) is 25.5. The van der Waals surface area contributed by atoms with Gasteiger partial charge in [-0.15, -0.1) is 13.2 Å². The number of unbranched alkanes of at least 4 members (excludes halogenated alkanes) is 2. The average molecular weight is 787 g/mol. The maximum absolute atomic E-state index is 15.0. The number of rotatable bonds is 17. The van der Waals surface area contributed by atoms with Crippen molar-refractivity contribution < 1.29 is 33.8 Å². The van der Waals surface area contributed by atoms with Crippen molar-refractivity contribution in [2.75, 3.05) is 24.6 Å². The number of alkyl halides is 1. The van der Waals surface area contributed by atoms with Gasteiger partial charge in [0.15, 0.2) is 0 Å². The van der Waals surface area contributed by atoms with Gasteiger partial charge in [0.05, 0.1) is 24.0 Å². The number of amides is 3. The van der Waals surface area contributed by atoms with Gasteiger partial charge >= 0.3 is 5.97 Å². The Balaban J connectivity index is 1.35. The van der Waals surface area contributed by atoms with Gasteiger partial charge in [-0.25, -0.2) is 0 Å². The summed E-state index contributed by atoms with van der Waals surface area (Å²) in [5.74, 6) is -3.41. The SMILES string of the molecule is C=CCCC(=O)N[C@@H](C)[C@H](OC(=O)[C@H]1[C@@H]2O[C@@]3(CC2Br)[C@@H]1C(=O)N(CCCCCO)[C@@H]3C(=O)N(CC=C)c1ccc2ccccc2c1)c1ccccc1. The summed E-state index contributed by atoms with van der Waals surface area (Å²) in [5.41, 5.74) is 0.0598. The van der Waals surface area contributed by atoms with Crippen molar-refractivity contribution >= 4 is 56.1 Å². The van der Waals surface area contributed by atoms with E-state index in [1.54, 1.807) is 28.9 Å². The van der Waals surface area contributed by atoms with E-state index in [9.17, 15) is 19.5 Å². The highest BCUT2D eigenvalue weighted by Gasteiger charge is 2.77. The third kappa shape index (κ3) is 7.57. The maximum atomic E-state index is 15.0. The number of carbonyl (C=O) groups excluding carboxylic acids is 4. The van der Waals surface area contributed by atoms with Gasteiger partial charge in [-0.2, -0.15) is 0 Å². The molecule has 0 aromatic heterocycles. The molecule has 3 saturated heterocycles. The fourth-order valence-electron chi connectivity index (χ4n) is 8.37. The molecule has 0 radical (unpaired) electrons. The highest BCUT2D eigenvalue weighted by molar-refractivity contribution is 9.09. The number of benzene rings is 3. The molecule has 8 atom stereocenters. The zero-order valence-electron chi connectivity index (χ0n) is 30.1. The largest absolute Gasteiger partial charge is 0.455 e. The van der Waals surface area contributed by atoms with Crippen LogP contribution in [0.3, 0.4) is 0 Å². The van der Waals surface area contributed by atoms with Gasteiger partial charge in [-0.05, 0) is 67.5 Å². The minimum Gasteiger partial charge on any atom is -0.455 e. The number of ether oxygens (including phenoxy) is 2. The van der Waals surface area contributed by atoms with E-state index in [-0.39, 0.29) is 48.7 Å². The molecule has 11 heteroatoms. The minimum absolute atomic E-state index is 0.0254. The highest BCUT2D eigenvalue weighted by atomic mass is 79.9. The van der Waals surface area contributed by atoms with Crippen LogP contribution in [-0.2, 0) is 28.7 Å². The molecule has 0 aliphatic carbocycles. The Morgan fingerprint density at radius 1 is 1.06 bits per heavy atom. The molecule has 2 bridgehead atoms. The summed E-state index contributed by atoms with van der Waals surface area (Å²) < 4.78 is 13.1. The van der Waals surface area contributed by atoms with Gasteiger partial charge in [-0.1, -0.05) is 88.7 Å². The molecule has 3 fully saturated rings. The van der Waals surface area contributed by atoms with Crippen LogP contribution in [0, 0.1) is 11.8 Å². The number of halogens is 1. The van der Waals surface area contributed by atoms with Crippen LogP contribution in [0.25, 0.3) is 10.8 Å². The second kappa shape index (κ2) is 16.8. The Morgan fingerprint density at radius 2 is 1.79 bits per heavy atom. The van der Waals surface area contributed by atoms with Crippen LogP contribution in [0.1, 0.15) is 57.1 Å². The number of esters is 1. The topological polar surface area (TPSA) is 125 Å². The molecule has 1 unspecified atom stereocenters. The van der Waals surface area contributed by atoms with Gasteiger partial charge in [-0.3, -0.25) is 19.2 Å².